The Morgan fingerprint density at radius 2 is 1.02 bits per heavy atom. The first-order valence-corrected chi connectivity index (χ1v) is 20.4. The van der Waals surface area contributed by atoms with Gasteiger partial charge in [0, 0.05) is 30.4 Å². The third-order valence-corrected chi connectivity index (χ3v) is 11.6. The van der Waals surface area contributed by atoms with Crippen LogP contribution in [-0.2, 0) is 44.7 Å². The number of rotatable bonds is 16. The van der Waals surface area contributed by atoms with Crippen LogP contribution < -0.4 is 10.6 Å². The number of amides is 4. The van der Waals surface area contributed by atoms with E-state index in [0.717, 1.165) is 16.7 Å². The zero-order valence-electron chi connectivity index (χ0n) is 34.6. The van der Waals surface area contributed by atoms with Crippen molar-refractivity contribution in [2.24, 2.45) is 23.7 Å². The molecule has 58 heavy (non-hydrogen) atoms. The lowest BCUT2D eigenvalue weighted by Crippen LogP contribution is -2.47. The Labute approximate surface area is 342 Å². The van der Waals surface area contributed by atoms with E-state index in [1.807, 2.05) is 94.4 Å². The van der Waals surface area contributed by atoms with Gasteiger partial charge in [0.1, 0.15) is 12.1 Å². The number of anilines is 2. The molecule has 0 aliphatic carbocycles. The summed E-state index contributed by atoms with van der Waals surface area (Å²) in [6.07, 6.45) is 3.14. The van der Waals surface area contributed by atoms with Gasteiger partial charge in [0.2, 0.25) is 23.6 Å². The highest BCUT2D eigenvalue weighted by Gasteiger charge is 2.40. The first kappa shape index (κ1) is 43.6. The van der Waals surface area contributed by atoms with Crippen molar-refractivity contribution in [1.29, 1.82) is 0 Å². The van der Waals surface area contributed by atoms with Crippen molar-refractivity contribution in [3.05, 3.63) is 95.6 Å². The van der Waals surface area contributed by atoms with Gasteiger partial charge < -0.3 is 29.9 Å². The second-order valence-electron chi connectivity index (χ2n) is 16.1. The van der Waals surface area contributed by atoms with Crippen molar-refractivity contribution in [3.8, 4) is 0 Å². The number of nitrogens with zero attached hydrogens (tertiary/aromatic N) is 2. The number of carbonyl (C=O) groups excluding carboxylic acids is 6. The standard InChI is InChI=1S/C46H58N4O8/c1-29(2)36(27-41(51)57-5)45(55)49-24-10-14-39(49)43(53)47-34-20-16-31(17-21-34)26-38(32-12-8-7-9-13-32)33-18-22-35(23-19-33)48-44(54)40-15-11-25-50(40)46(56)37(30(3)4)28-42(52)58-6/h7-9,12-13,16-23,29-30,36-40H,10-11,14-15,24-28H2,1-6H3,(H,47,53)(H,48,54)/t36-,37-,38?,39-,40-/m0/s1. The number of carbonyl (C=O) groups is 6. The van der Waals surface area contributed by atoms with E-state index in [4.69, 9.17) is 9.47 Å². The number of likely N-dealkylation sites (tertiary alicyclic amines) is 2. The Bertz CT molecular complexity index is 1900. The van der Waals surface area contributed by atoms with E-state index in [1.54, 1.807) is 9.80 Å². The molecule has 2 fully saturated rings. The van der Waals surface area contributed by atoms with Crippen LogP contribution in [0.25, 0.3) is 0 Å². The summed E-state index contributed by atoms with van der Waals surface area (Å²) >= 11 is 0. The lowest BCUT2D eigenvalue weighted by molar-refractivity contribution is -0.149. The summed E-state index contributed by atoms with van der Waals surface area (Å²) in [4.78, 5) is 81.4. The summed E-state index contributed by atoms with van der Waals surface area (Å²) in [5.41, 5.74) is 4.49. The summed E-state index contributed by atoms with van der Waals surface area (Å²) in [6.45, 7) is 8.51. The summed E-state index contributed by atoms with van der Waals surface area (Å²) in [6, 6.07) is 24.5. The summed E-state index contributed by atoms with van der Waals surface area (Å²) < 4.78 is 9.65. The number of nitrogens with one attached hydrogen (secondary N) is 2. The number of esters is 2. The van der Waals surface area contributed by atoms with Gasteiger partial charge in [-0.3, -0.25) is 28.8 Å². The van der Waals surface area contributed by atoms with Crippen molar-refractivity contribution in [2.45, 2.75) is 90.6 Å². The molecule has 2 heterocycles. The molecule has 2 N–H and O–H groups in total. The second-order valence-corrected chi connectivity index (χ2v) is 16.1. The quantitative estimate of drug-likeness (QED) is 0.154. The number of ether oxygens (including phenoxy) is 2. The molecule has 0 bridgehead atoms. The van der Waals surface area contributed by atoms with Crippen LogP contribution in [0.2, 0.25) is 0 Å². The zero-order valence-corrected chi connectivity index (χ0v) is 34.6. The minimum Gasteiger partial charge on any atom is -0.469 e. The van der Waals surface area contributed by atoms with Crippen LogP contribution in [0.4, 0.5) is 11.4 Å². The van der Waals surface area contributed by atoms with Crippen LogP contribution in [0.5, 0.6) is 0 Å². The molecule has 2 aliphatic heterocycles. The third-order valence-electron chi connectivity index (χ3n) is 11.6. The molecule has 2 saturated heterocycles. The third kappa shape index (κ3) is 10.9. The minimum absolute atomic E-state index is 0.00549. The highest BCUT2D eigenvalue weighted by Crippen LogP contribution is 2.32. The number of benzene rings is 3. The minimum atomic E-state index is -0.620. The first-order chi connectivity index (χ1) is 27.8. The van der Waals surface area contributed by atoms with Crippen LogP contribution in [0.3, 0.4) is 0 Å². The highest BCUT2D eigenvalue weighted by atomic mass is 16.5. The molecule has 310 valence electrons. The molecule has 4 amide bonds. The summed E-state index contributed by atoms with van der Waals surface area (Å²) in [7, 11) is 2.62. The molecule has 12 nitrogen and oxygen atoms in total. The molecule has 3 aromatic rings. The molecule has 0 spiro atoms. The number of hydrogen-bond donors (Lipinski definition) is 2. The average molecular weight is 795 g/mol. The Morgan fingerprint density at radius 1 is 0.603 bits per heavy atom. The normalized spacial score (nSPS) is 18.1. The van der Waals surface area contributed by atoms with Gasteiger partial charge in [-0.25, -0.2) is 0 Å². The molecule has 5 atom stereocenters. The van der Waals surface area contributed by atoms with Crippen molar-refractivity contribution >= 4 is 46.9 Å². The molecule has 0 aromatic heterocycles. The fourth-order valence-electron chi connectivity index (χ4n) is 8.10. The molecule has 2 aliphatic rings. The number of methoxy groups -OCH3 is 2. The monoisotopic (exact) mass is 794 g/mol. The van der Waals surface area contributed by atoms with Crippen molar-refractivity contribution in [1.82, 2.24) is 9.80 Å². The van der Waals surface area contributed by atoms with Gasteiger partial charge in [-0.2, -0.15) is 0 Å². The molecular formula is C46H58N4O8. The fraction of sp³-hybridized carbons (Fsp3) is 0.478. The van der Waals surface area contributed by atoms with E-state index < -0.39 is 35.9 Å². The van der Waals surface area contributed by atoms with Gasteiger partial charge in [0.15, 0.2) is 0 Å². The molecule has 1 unspecified atom stereocenters. The zero-order chi connectivity index (χ0) is 41.9. The summed E-state index contributed by atoms with van der Waals surface area (Å²) in [5.74, 6) is -3.09. The van der Waals surface area contributed by atoms with Gasteiger partial charge in [0.05, 0.1) is 38.9 Å². The van der Waals surface area contributed by atoms with Crippen molar-refractivity contribution < 1.29 is 38.2 Å². The summed E-state index contributed by atoms with van der Waals surface area (Å²) in [5, 5.41) is 6.02. The molecular weight excluding hydrogens is 737 g/mol. The lowest BCUT2D eigenvalue weighted by atomic mass is 9.86. The Balaban J connectivity index is 1.24. The highest BCUT2D eigenvalue weighted by molar-refractivity contribution is 5.99. The van der Waals surface area contributed by atoms with Gasteiger partial charge in [-0.15, -0.1) is 0 Å². The topological polar surface area (TPSA) is 151 Å². The van der Waals surface area contributed by atoms with Crippen molar-refractivity contribution in [2.75, 3.05) is 37.9 Å². The lowest BCUT2D eigenvalue weighted by Gasteiger charge is -2.29. The SMILES string of the molecule is COC(=O)C[C@H](C(=O)N1CCC[C@H]1C(=O)Nc1ccc(CC(c2ccccc2)c2ccc(NC(=O)[C@@H]3CCCN3C(=O)[C@@H](CC(=O)OC)C(C)C)cc2)cc1)C(C)C. The largest absolute Gasteiger partial charge is 0.469 e. The fourth-order valence-corrected chi connectivity index (χ4v) is 8.10. The van der Waals surface area contributed by atoms with E-state index >= 15 is 0 Å². The first-order valence-electron chi connectivity index (χ1n) is 20.4. The van der Waals surface area contributed by atoms with E-state index in [9.17, 15) is 28.8 Å². The van der Waals surface area contributed by atoms with Crippen LogP contribution in [-0.4, -0.2) is 84.8 Å². The van der Waals surface area contributed by atoms with Gasteiger partial charge in [-0.1, -0.05) is 82.3 Å². The smallest absolute Gasteiger partial charge is 0.306 e. The Hall–Kier alpha value is -5.52. The van der Waals surface area contributed by atoms with Crippen LogP contribution in [0.1, 0.15) is 88.8 Å². The van der Waals surface area contributed by atoms with Crippen LogP contribution in [0, 0.1) is 23.7 Å². The van der Waals surface area contributed by atoms with Gasteiger partial charge in [0.25, 0.3) is 0 Å². The predicted octanol–water partition coefficient (Wildman–Crippen LogP) is 6.59. The van der Waals surface area contributed by atoms with E-state index in [-0.39, 0.29) is 54.2 Å². The Kier molecular flexibility index (Phi) is 15.2. The molecule has 0 saturated carbocycles. The van der Waals surface area contributed by atoms with E-state index in [0.29, 0.717) is 56.6 Å². The predicted molar refractivity (Wildman–Crippen MR) is 222 cm³/mol. The maximum Gasteiger partial charge on any atom is 0.306 e. The second kappa shape index (κ2) is 20.3. The molecule has 0 radical (unpaired) electrons. The molecule has 12 heteroatoms. The van der Waals surface area contributed by atoms with Crippen LogP contribution >= 0.6 is 0 Å². The van der Waals surface area contributed by atoms with E-state index in [2.05, 4.69) is 22.8 Å². The average Bonchev–Trinajstić information content (AvgIpc) is 3.93. The molecule has 5 rings (SSSR count). The maximum absolute atomic E-state index is 13.5. The number of hydrogen-bond acceptors (Lipinski definition) is 8. The van der Waals surface area contributed by atoms with Gasteiger partial charge in [-0.05, 0) is 84.9 Å². The maximum atomic E-state index is 13.5. The van der Waals surface area contributed by atoms with Gasteiger partial charge >= 0.3 is 11.9 Å². The van der Waals surface area contributed by atoms with Crippen LogP contribution in [0.15, 0.2) is 78.9 Å². The molecule has 3 aromatic carbocycles. The van der Waals surface area contributed by atoms with Crippen molar-refractivity contribution in [3.63, 3.8) is 0 Å². The Morgan fingerprint density at radius 3 is 1.43 bits per heavy atom. The van der Waals surface area contributed by atoms with E-state index in [1.165, 1.54) is 14.2 Å².